The van der Waals surface area contributed by atoms with Gasteiger partial charge in [-0.05, 0) is 30.2 Å². The Labute approximate surface area is 148 Å². The first-order valence-corrected chi connectivity index (χ1v) is 7.58. The smallest absolute Gasteiger partial charge is 0.406 e. The average molecular weight is 366 g/mol. The van der Waals surface area contributed by atoms with Gasteiger partial charge < -0.3 is 10.1 Å². The summed E-state index contributed by atoms with van der Waals surface area (Å²) in [6, 6.07) is 5.60. The third-order valence-corrected chi connectivity index (χ3v) is 3.30. The minimum atomic E-state index is -4.71. The van der Waals surface area contributed by atoms with Gasteiger partial charge in [-0.1, -0.05) is 12.1 Å². The molecule has 0 amide bonds. The van der Waals surface area contributed by atoms with Gasteiger partial charge in [-0.3, -0.25) is 4.79 Å². The second-order valence-electron chi connectivity index (χ2n) is 5.27. The summed E-state index contributed by atoms with van der Waals surface area (Å²) < 4.78 is 41.8. The number of nitrogens with zero attached hydrogens (tertiary/aromatic N) is 3. The van der Waals surface area contributed by atoms with E-state index in [0.29, 0.717) is 24.4 Å². The van der Waals surface area contributed by atoms with Crippen LogP contribution in [0.2, 0.25) is 0 Å². The number of halogens is 3. The number of hydrogen-bond donors (Lipinski definition) is 1. The number of carbonyl (C=O) groups is 1. The SMILES string of the molecule is CN/C(C)=N\C(=C/C=O)n1cc(Cc2ccc(OC(F)(F)F)cc2)cn1. The number of rotatable bonds is 6. The lowest BCUT2D eigenvalue weighted by molar-refractivity contribution is -0.274. The first-order chi connectivity index (χ1) is 12.3. The van der Waals surface area contributed by atoms with Crippen molar-refractivity contribution in [2.45, 2.75) is 19.7 Å². The van der Waals surface area contributed by atoms with Gasteiger partial charge in [0.15, 0.2) is 5.82 Å². The number of ether oxygens (including phenoxy) is 1. The maximum Gasteiger partial charge on any atom is 0.573 e. The maximum atomic E-state index is 12.2. The summed E-state index contributed by atoms with van der Waals surface area (Å²) in [5.74, 6) is 0.674. The third-order valence-electron chi connectivity index (χ3n) is 3.30. The van der Waals surface area contributed by atoms with Gasteiger partial charge in [0.25, 0.3) is 0 Å². The highest BCUT2D eigenvalue weighted by Crippen LogP contribution is 2.23. The lowest BCUT2D eigenvalue weighted by atomic mass is 10.1. The van der Waals surface area contributed by atoms with Crippen molar-refractivity contribution in [2.75, 3.05) is 7.05 Å². The fourth-order valence-electron chi connectivity index (χ4n) is 2.07. The van der Waals surface area contributed by atoms with Crippen LogP contribution in [0.1, 0.15) is 18.1 Å². The molecule has 0 saturated heterocycles. The molecule has 0 aliphatic rings. The van der Waals surface area contributed by atoms with E-state index < -0.39 is 6.36 Å². The molecule has 9 heteroatoms. The van der Waals surface area contributed by atoms with Gasteiger partial charge >= 0.3 is 6.36 Å². The number of amidine groups is 1. The molecule has 6 nitrogen and oxygen atoms in total. The molecule has 0 spiro atoms. The number of aliphatic imine (C=N–C) groups is 1. The summed E-state index contributed by atoms with van der Waals surface area (Å²) in [5.41, 5.74) is 1.60. The predicted molar refractivity (Wildman–Crippen MR) is 90.7 cm³/mol. The first kappa shape index (κ1) is 19.2. The molecule has 0 aliphatic carbocycles. The molecule has 1 heterocycles. The van der Waals surface area contributed by atoms with Crippen molar-refractivity contribution in [2.24, 2.45) is 4.99 Å². The van der Waals surface area contributed by atoms with E-state index in [1.165, 1.54) is 22.9 Å². The normalized spacial score (nSPS) is 12.8. The largest absolute Gasteiger partial charge is 0.573 e. The summed E-state index contributed by atoms with van der Waals surface area (Å²) in [5, 5.41) is 7.02. The lowest BCUT2D eigenvalue weighted by Crippen LogP contribution is -2.17. The highest BCUT2D eigenvalue weighted by molar-refractivity contribution is 5.85. The number of allylic oxidation sites excluding steroid dienone is 1. The van der Waals surface area contributed by atoms with E-state index in [1.54, 1.807) is 38.5 Å². The molecule has 2 aromatic rings. The van der Waals surface area contributed by atoms with Crippen molar-refractivity contribution < 1.29 is 22.7 Å². The molecule has 0 bridgehead atoms. The maximum absolute atomic E-state index is 12.2. The van der Waals surface area contributed by atoms with Gasteiger partial charge in [0, 0.05) is 25.7 Å². The fraction of sp³-hybridized carbons (Fsp3) is 0.235. The van der Waals surface area contributed by atoms with E-state index in [-0.39, 0.29) is 5.75 Å². The third kappa shape index (κ3) is 5.76. The molecule has 0 unspecified atom stereocenters. The number of alkyl halides is 3. The summed E-state index contributed by atoms with van der Waals surface area (Å²) in [7, 11) is 1.71. The Hall–Kier alpha value is -3.10. The number of nitrogens with one attached hydrogen (secondary N) is 1. The molecule has 0 radical (unpaired) electrons. The van der Waals surface area contributed by atoms with Crippen LogP contribution >= 0.6 is 0 Å². The highest BCUT2D eigenvalue weighted by Gasteiger charge is 2.30. The lowest BCUT2D eigenvalue weighted by Gasteiger charge is -2.09. The van der Waals surface area contributed by atoms with E-state index in [0.717, 1.165) is 11.1 Å². The fourth-order valence-corrected chi connectivity index (χ4v) is 2.07. The van der Waals surface area contributed by atoms with Crippen LogP contribution < -0.4 is 10.1 Å². The summed E-state index contributed by atoms with van der Waals surface area (Å²) in [4.78, 5) is 15.0. The van der Waals surface area contributed by atoms with Crippen molar-refractivity contribution in [3.63, 3.8) is 0 Å². The van der Waals surface area contributed by atoms with E-state index in [9.17, 15) is 18.0 Å². The van der Waals surface area contributed by atoms with Gasteiger partial charge in [-0.25, -0.2) is 9.67 Å². The molecule has 1 aromatic heterocycles. The Bertz CT molecular complexity index is 808. The number of carbonyl (C=O) groups excluding carboxylic acids is 1. The molecule has 0 fully saturated rings. The molecule has 1 aromatic carbocycles. The van der Waals surface area contributed by atoms with Crippen molar-refractivity contribution in [1.29, 1.82) is 0 Å². The zero-order valence-electron chi connectivity index (χ0n) is 14.1. The summed E-state index contributed by atoms with van der Waals surface area (Å²) >= 11 is 0. The van der Waals surface area contributed by atoms with Crippen molar-refractivity contribution in [1.82, 2.24) is 15.1 Å². The van der Waals surface area contributed by atoms with Crippen LogP contribution in [0.5, 0.6) is 5.75 Å². The van der Waals surface area contributed by atoms with Crippen LogP contribution in [0.4, 0.5) is 13.2 Å². The quantitative estimate of drug-likeness (QED) is 0.369. The molecule has 1 N–H and O–H groups in total. The minimum absolute atomic E-state index is 0.273. The van der Waals surface area contributed by atoms with Crippen LogP contribution in [0.25, 0.3) is 5.82 Å². The van der Waals surface area contributed by atoms with E-state index in [1.807, 2.05) is 0 Å². The second-order valence-corrected chi connectivity index (χ2v) is 5.27. The van der Waals surface area contributed by atoms with Gasteiger partial charge in [0.2, 0.25) is 0 Å². The van der Waals surface area contributed by atoms with Gasteiger partial charge in [-0.15, -0.1) is 13.2 Å². The Kier molecular flexibility index (Phi) is 6.16. The van der Waals surface area contributed by atoms with Crippen molar-refractivity contribution in [3.05, 3.63) is 53.9 Å². The van der Waals surface area contributed by atoms with E-state index >= 15 is 0 Å². The molecule has 26 heavy (non-hydrogen) atoms. The Morgan fingerprint density at radius 3 is 2.58 bits per heavy atom. The number of benzene rings is 1. The summed E-state index contributed by atoms with van der Waals surface area (Å²) in [6.45, 7) is 1.74. The molecule has 0 aliphatic heterocycles. The van der Waals surface area contributed by atoms with E-state index in [4.69, 9.17) is 0 Å². The van der Waals surface area contributed by atoms with Crippen LogP contribution in [-0.2, 0) is 11.2 Å². The molecule has 0 atom stereocenters. The molecule has 0 saturated carbocycles. The van der Waals surface area contributed by atoms with Crippen LogP contribution in [0.15, 0.2) is 47.7 Å². The number of aldehydes is 1. The highest BCUT2D eigenvalue weighted by atomic mass is 19.4. The zero-order chi connectivity index (χ0) is 19.2. The van der Waals surface area contributed by atoms with Crippen LogP contribution in [0.3, 0.4) is 0 Å². The van der Waals surface area contributed by atoms with E-state index in [2.05, 4.69) is 20.1 Å². The van der Waals surface area contributed by atoms with Gasteiger partial charge in [0.1, 0.15) is 17.9 Å². The van der Waals surface area contributed by atoms with Gasteiger partial charge in [0.05, 0.1) is 6.20 Å². The molecular formula is C17H17F3N4O2. The average Bonchev–Trinajstić information content (AvgIpc) is 3.03. The monoisotopic (exact) mass is 366 g/mol. The second kappa shape index (κ2) is 8.32. The van der Waals surface area contributed by atoms with Crippen LogP contribution in [-0.4, -0.2) is 35.3 Å². The van der Waals surface area contributed by atoms with Crippen molar-refractivity contribution in [3.8, 4) is 5.75 Å². The van der Waals surface area contributed by atoms with Gasteiger partial charge in [-0.2, -0.15) is 5.10 Å². The minimum Gasteiger partial charge on any atom is -0.406 e. The van der Waals surface area contributed by atoms with Crippen LogP contribution in [0, 0.1) is 0 Å². The summed E-state index contributed by atoms with van der Waals surface area (Å²) in [6.07, 6.45) is 0.930. The van der Waals surface area contributed by atoms with Crippen molar-refractivity contribution >= 4 is 17.9 Å². The predicted octanol–water partition coefficient (Wildman–Crippen LogP) is 3.01. The molecular weight excluding hydrogens is 349 g/mol. The Morgan fingerprint density at radius 1 is 1.31 bits per heavy atom. The first-order valence-electron chi connectivity index (χ1n) is 7.58. The Morgan fingerprint density at radius 2 is 2.00 bits per heavy atom. The Balaban J connectivity index is 2.12. The topological polar surface area (TPSA) is 68.5 Å². The zero-order valence-corrected chi connectivity index (χ0v) is 14.1. The molecule has 2 rings (SSSR count). The number of aromatic nitrogens is 2. The molecule has 138 valence electrons. The standard InChI is InChI=1S/C17H17F3N4O2/c1-12(21-2)23-16(7-8-25)24-11-14(10-22-24)9-13-3-5-15(6-4-13)26-17(18,19)20/h3-8,10-11H,9H2,1-2H3,(H,21,23)/b16-7+. The number of hydrogen-bond acceptors (Lipinski definition) is 4.